The molecule has 0 N–H and O–H groups in total. The Morgan fingerprint density at radius 1 is 1.20 bits per heavy atom. The molecule has 0 saturated carbocycles. The van der Waals surface area contributed by atoms with Crippen LogP contribution in [-0.2, 0) is 0 Å². The smallest absolute Gasteiger partial charge is 0.101 e. The minimum Gasteiger partial charge on any atom is -0.212 e. The molecular weight excluding hydrogens is 187 g/mol. The topological polar surface area (TPSA) is 0 Å². The minimum absolute atomic E-state index is 0.0329. The third-order valence-corrected chi connectivity index (χ3v) is 2.31. The van der Waals surface area contributed by atoms with Gasteiger partial charge in [-0.1, -0.05) is 46.6 Å². The zero-order valence-corrected chi connectivity index (χ0v) is 11.1. The molecule has 1 aliphatic carbocycles. The molecule has 0 nitrogen and oxygen atoms in total. The summed E-state index contributed by atoms with van der Waals surface area (Å²) in [6.07, 6.45) is 4.43. The van der Waals surface area contributed by atoms with E-state index in [0.717, 1.165) is 6.42 Å². The standard InChI is InChI=1S/C11H17F.C3H8/c1-8-5-6-9(12)7-10(8)11(2,3)4;1-3-2/h7H,5-6H2,1-4H3;3H2,1-2H3. The van der Waals surface area contributed by atoms with Crippen molar-refractivity contribution in [1.82, 2.24) is 0 Å². The van der Waals surface area contributed by atoms with Crippen molar-refractivity contribution >= 4 is 0 Å². The zero-order valence-electron chi connectivity index (χ0n) is 11.1. The van der Waals surface area contributed by atoms with E-state index in [1.54, 1.807) is 6.08 Å². The maximum Gasteiger partial charge on any atom is 0.101 e. The highest BCUT2D eigenvalue weighted by atomic mass is 19.1. The summed E-state index contributed by atoms with van der Waals surface area (Å²) in [4.78, 5) is 0. The van der Waals surface area contributed by atoms with Crippen LogP contribution in [0.4, 0.5) is 4.39 Å². The van der Waals surface area contributed by atoms with Crippen molar-refractivity contribution < 1.29 is 4.39 Å². The number of rotatable bonds is 0. The highest BCUT2D eigenvalue weighted by Crippen LogP contribution is 2.35. The summed E-state index contributed by atoms with van der Waals surface area (Å²) < 4.78 is 13.0. The zero-order chi connectivity index (χ0) is 12.1. The molecule has 0 aromatic carbocycles. The van der Waals surface area contributed by atoms with Crippen LogP contribution in [0.1, 0.15) is 60.8 Å². The van der Waals surface area contributed by atoms with Gasteiger partial charge in [0.05, 0.1) is 0 Å². The molecular formula is C14H25F. The van der Waals surface area contributed by atoms with Crippen molar-refractivity contribution in [3.05, 3.63) is 23.0 Å². The second kappa shape index (κ2) is 6.09. The van der Waals surface area contributed by atoms with Crippen LogP contribution in [0.3, 0.4) is 0 Å². The van der Waals surface area contributed by atoms with Crippen LogP contribution in [0.2, 0.25) is 0 Å². The van der Waals surface area contributed by atoms with Crippen molar-refractivity contribution in [2.24, 2.45) is 5.41 Å². The van der Waals surface area contributed by atoms with Gasteiger partial charge in [-0.3, -0.25) is 0 Å². The molecule has 0 fully saturated rings. The van der Waals surface area contributed by atoms with E-state index in [0.29, 0.717) is 6.42 Å². The van der Waals surface area contributed by atoms with Crippen LogP contribution < -0.4 is 0 Å². The minimum atomic E-state index is 0.0329. The Morgan fingerprint density at radius 2 is 1.67 bits per heavy atom. The van der Waals surface area contributed by atoms with Gasteiger partial charge in [0, 0.05) is 6.42 Å². The quantitative estimate of drug-likeness (QED) is 0.503. The third kappa shape index (κ3) is 5.15. The Bertz CT molecular complexity index is 251. The lowest BCUT2D eigenvalue weighted by molar-refractivity contribution is 0.489. The molecule has 1 heteroatoms. The lowest BCUT2D eigenvalue weighted by atomic mass is 9.80. The van der Waals surface area contributed by atoms with E-state index in [9.17, 15) is 4.39 Å². The molecule has 0 spiro atoms. The lowest BCUT2D eigenvalue weighted by Gasteiger charge is -2.26. The van der Waals surface area contributed by atoms with E-state index >= 15 is 0 Å². The number of allylic oxidation sites excluding steroid dienone is 4. The van der Waals surface area contributed by atoms with Gasteiger partial charge < -0.3 is 0 Å². The number of hydrogen-bond donors (Lipinski definition) is 0. The lowest BCUT2D eigenvalue weighted by Crippen LogP contribution is -2.12. The van der Waals surface area contributed by atoms with Gasteiger partial charge in [-0.25, -0.2) is 4.39 Å². The van der Waals surface area contributed by atoms with E-state index in [1.165, 1.54) is 17.6 Å². The molecule has 0 heterocycles. The van der Waals surface area contributed by atoms with Crippen molar-refractivity contribution in [1.29, 1.82) is 0 Å². The third-order valence-electron chi connectivity index (χ3n) is 2.31. The first kappa shape index (κ1) is 14.4. The van der Waals surface area contributed by atoms with Gasteiger partial charge >= 0.3 is 0 Å². The first-order chi connectivity index (χ1) is 6.82. The summed E-state index contributed by atoms with van der Waals surface area (Å²) in [5.41, 5.74) is 2.59. The second-order valence-corrected chi connectivity index (χ2v) is 5.24. The van der Waals surface area contributed by atoms with Crippen LogP contribution in [0.25, 0.3) is 0 Å². The highest BCUT2D eigenvalue weighted by molar-refractivity contribution is 5.34. The Kier molecular flexibility index (Phi) is 5.85. The fraction of sp³-hybridized carbons (Fsp3) is 0.714. The molecule has 0 aromatic heterocycles. The summed E-state index contributed by atoms with van der Waals surface area (Å²) in [5, 5.41) is 0. The van der Waals surface area contributed by atoms with Gasteiger partial charge in [-0.15, -0.1) is 0 Å². The summed E-state index contributed by atoms with van der Waals surface area (Å²) in [5.74, 6) is 0.0329. The molecule has 0 radical (unpaired) electrons. The largest absolute Gasteiger partial charge is 0.212 e. The molecule has 0 aliphatic heterocycles. The van der Waals surface area contributed by atoms with Gasteiger partial charge in [-0.05, 0) is 30.4 Å². The predicted octanol–water partition coefficient (Wildman–Crippen LogP) is 5.41. The molecule has 1 aliphatic rings. The Labute approximate surface area is 94.3 Å². The maximum absolute atomic E-state index is 13.0. The van der Waals surface area contributed by atoms with Gasteiger partial charge in [0.1, 0.15) is 5.83 Å². The summed E-state index contributed by atoms with van der Waals surface area (Å²) in [6.45, 7) is 12.7. The van der Waals surface area contributed by atoms with E-state index < -0.39 is 0 Å². The molecule has 88 valence electrons. The molecule has 0 unspecified atom stereocenters. The Balaban J connectivity index is 0.000000583. The number of halogens is 1. The average Bonchev–Trinajstić information content (AvgIpc) is 2.09. The summed E-state index contributed by atoms with van der Waals surface area (Å²) in [7, 11) is 0. The average molecular weight is 212 g/mol. The fourth-order valence-electron chi connectivity index (χ4n) is 1.65. The van der Waals surface area contributed by atoms with E-state index in [4.69, 9.17) is 0 Å². The van der Waals surface area contributed by atoms with Crippen molar-refractivity contribution in [3.63, 3.8) is 0 Å². The van der Waals surface area contributed by atoms with Crippen LogP contribution in [0.5, 0.6) is 0 Å². The summed E-state index contributed by atoms with van der Waals surface area (Å²) in [6, 6.07) is 0. The summed E-state index contributed by atoms with van der Waals surface area (Å²) >= 11 is 0. The maximum atomic E-state index is 13.0. The van der Waals surface area contributed by atoms with Crippen LogP contribution in [0, 0.1) is 5.41 Å². The SMILES string of the molecule is CC1=C(C(C)(C)C)C=C(F)CC1.CCC. The van der Waals surface area contributed by atoms with E-state index in [-0.39, 0.29) is 11.2 Å². The molecule has 15 heavy (non-hydrogen) atoms. The van der Waals surface area contributed by atoms with E-state index in [1.807, 2.05) is 0 Å². The molecule has 0 bridgehead atoms. The second-order valence-electron chi connectivity index (χ2n) is 5.24. The van der Waals surface area contributed by atoms with Crippen LogP contribution in [0.15, 0.2) is 23.0 Å². The normalized spacial score (nSPS) is 16.9. The van der Waals surface area contributed by atoms with Gasteiger partial charge in [-0.2, -0.15) is 0 Å². The first-order valence-electron chi connectivity index (χ1n) is 5.89. The highest BCUT2D eigenvalue weighted by Gasteiger charge is 2.21. The Morgan fingerprint density at radius 3 is 2.00 bits per heavy atom. The van der Waals surface area contributed by atoms with Gasteiger partial charge in [0.15, 0.2) is 0 Å². The van der Waals surface area contributed by atoms with Crippen molar-refractivity contribution in [3.8, 4) is 0 Å². The van der Waals surface area contributed by atoms with Crippen LogP contribution >= 0.6 is 0 Å². The molecule has 0 atom stereocenters. The Hall–Kier alpha value is -0.590. The van der Waals surface area contributed by atoms with Crippen LogP contribution in [-0.4, -0.2) is 0 Å². The fourth-order valence-corrected chi connectivity index (χ4v) is 1.65. The monoisotopic (exact) mass is 212 g/mol. The number of hydrogen-bond acceptors (Lipinski definition) is 0. The van der Waals surface area contributed by atoms with Crippen molar-refractivity contribution in [2.75, 3.05) is 0 Å². The molecule has 0 amide bonds. The van der Waals surface area contributed by atoms with E-state index in [2.05, 4.69) is 41.5 Å². The molecule has 0 aromatic rings. The van der Waals surface area contributed by atoms with Gasteiger partial charge in [0.25, 0.3) is 0 Å². The predicted molar refractivity (Wildman–Crippen MR) is 66.5 cm³/mol. The van der Waals surface area contributed by atoms with Crippen molar-refractivity contribution in [2.45, 2.75) is 60.8 Å². The first-order valence-corrected chi connectivity index (χ1v) is 5.89. The molecule has 1 rings (SSSR count). The molecule has 0 saturated heterocycles. The van der Waals surface area contributed by atoms with Gasteiger partial charge in [0.2, 0.25) is 0 Å².